The van der Waals surface area contributed by atoms with Crippen LogP contribution in [0.2, 0.25) is 0 Å². The van der Waals surface area contributed by atoms with Crippen molar-refractivity contribution in [2.45, 2.75) is 6.92 Å². The van der Waals surface area contributed by atoms with E-state index in [1.807, 2.05) is 31.2 Å². The molecule has 0 bridgehead atoms. The minimum absolute atomic E-state index is 0.437. The first-order chi connectivity index (χ1) is 8.74. The quantitative estimate of drug-likeness (QED) is 0.658. The van der Waals surface area contributed by atoms with Crippen molar-refractivity contribution >= 4 is 5.82 Å². The molecule has 1 heterocycles. The molecule has 5 heteroatoms. The van der Waals surface area contributed by atoms with Gasteiger partial charge >= 0.3 is 0 Å². The lowest BCUT2D eigenvalue weighted by Gasteiger charge is -2.06. The van der Waals surface area contributed by atoms with Crippen molar-refractivity contribution in [2.75, 3.05) is 12.4 Å². The molecule has 2 rings (SSSR count). The molecule has 90 valence electrons. The van der Waals surface area contributed by atoms with E-state index < -0.39 is 0 Å². The summed E-state index contributed by atoms with van der Waals surface area (Å²) >= 11 is 0. The van der Waals surface area contributed by atoms with Gasteiger partial charge in [-0.25, -0.2) is 0 Å². The molecular formula is C13H12N4O. The third kappa shape index (κ3) is 2.38. The van der Waals surface area contributed by atoms with E-state index >= 15 is 0 Å². The van der Waals surface area contributed by atoms with E-state index in [0.717, 1.165) is 22.6 Å². The predicted molar refractivity (Wildman–Crippen MR) is 68.0 cm³/mol. The summed E-state index contributed by atoms with van der Waals surface area (Å²) in [5.41, 5.74) is 2.75. The lowest BCUT2D eigenvalue weighted by atomic mass is 10.1. The molecule has 0 saturated heterocycles. The third-order valence-electron chi connectivity index (χ3n) is 2.54. The SMILES string of the molecule is COc1ccc(-c2ccc(NC#N)nn2)cc1C. The number of nitrogens with zero attached hydrogens (tertiary/aromatic N) is 3. The first kappa shape index (κ1) is 11.9. The number of aromatic nitrogens is 2. The highest BCUT2D eigenvalue weighted by Gasteiger charge is 2.04. The average Bonchev–Trinajstić information content (AvgIpc) is 2.40. The predicted octanol–water partition coefficient (Wildman–Crippen LogP) is 2.35. The van der Waals surface area contributed by atoms with E-state index in [4.69, 9.17) is 10.00 Å². The van der Waals surface area contributed by atoms with Gasteiger partial charge in [0.1, 0.15) is 5.75 Å². The van der Waals surface area contributed by atoms with Gasteiger partial charge in [-0.05, 0) is 42.8 Å². The number of benzene rings is 1. The van der Waals surface area contributed by atoms with Gasteiger partial charge in [0.15, 0.2) is 12.0 Å². The minimum Gasteiger partial charge on any atom is -0.496 e. The Bertz CT molecular complexity index is 587. The maximum Gasteiger partial charge on any atom is 0.182 e. The summed E-state index contributed by atoms with van der Waals surface area (Å²) in [5.74, 6) is 1.28. The molecule has 0 aliphatic heterocycles. The molecule has 0 aliphatic carbocycles. The Morgan fingerprint density at radius 1 is 1.22 bits per heavy atom. The first-order valence-corrected chi connectivity index (χ1v) is 5.38. The van der Waals surface area contributed by atoms with Gasteiger partial charge in [0.05, 0.1) is 12.8 Å². The first-order valence-electron chi connectivity index (χ1n) is 5.38. The molecule has 0 spiro atoms. The standard InChI is InChI=1S/C13H12N4O/c1-9-7-10(3-5-12(9)18-2)11-4-6-13(15-8-14)17-16-11/h3-7H,1-2H3,(H,15,17). The van der Waals surface area contributed by atoms with Crippen molar-refractivity contribution in [3.63, 3.8) is 0 Å². The fourth-order valence-electron chi connectivity index (χ4n) is 1.65. The Hall–Kier alpha value is -2.61. The van der Waals surface area contributed by atoms with E-state index in [-0.39, 0.29) is 0 Å². The van der Waals surface area contributed by atoms with Crippen molar-refractivity contribution < 1.29 is 4.74 Å². The zero-order valence-electron chi connectivity index (χ0n) is 10.1. The lowest BCUT2D eigenvalue weighted by molar-refractivity contribution is 0.412. The van der Waals surface area contributed by atoms with Crippen LogP contribution < -0.4 is 10.1 Å². The van der Waals surface area contributed by atoms with E-state index in [9.17, 15) is 0 Å². The van der Waals surface area contributed by atoms with Crippen LogP contribution in [0, 0.1) is 18.4 Å². The molecule has 1 aromatic carbocycles. The highest BCUT2D eigenvalue weighted by atomic mass is 16.5. The van der Waals surface area contributed by atoms with Gasteiger partial charge in [-0.2, -0.15) is 5.26 Å². The summed E-state index contributed by atoms with van der Waals surface area (Å²) in [6.07, 6.45) is 1.80. The van der Waals surface area contributed by atoms with Crippen molar-refractivity contribution in [1.82, 2.24) is 10.2 Å². The number of anilines is 1. The molecule has 0 atom stereocenters. The van der Waals surface area contributed by atoms with Crippen molar-refractivity contribution in [2.24, 2.45) is 0 Å². The van der Waals surface area contributed by atoms with E-state index in [1.165, 1.54) is 0 Å². The molecule has 2 aromatic rings. The molecule has 1 N–H and O–H groups in total. The monoisotopic (exact) mass is 240 g/mol. The molecule has 0 saturated carbocycles. The Balaban J connectivity index is 2.31. The maximum atomic E-state index is 8.46. The summed E-state index contributed by atoms with van der Waals surface area (Å²) in [7, 11) is 1.64. The number of methoxy groups -OCH3 is 1. The molecule has 5 nitrogen and oxygen atoms in total. The third-order valence-corrected chi connectivity index (χ3v) is 2.54. The minimum atomic E-state index is 0.437. The summed E-state index contributed by atoms with van der Waals surface area (Å²) in [4.78, 5) is 0. The summed E-state index contributed by atoms with van der Waals surface area (Å²) in [6.45, 7) is 1.97. The normalized spacial score (nSPS) is 9.61. The van der Waals surface area contributed by atoms with Crippen LogP contribution in [0.1, 0.15) is 5.56 Å². The van der Waals surface area contributed by atoms with Gasteiger partial charge in [0, 0.05) is 5.56 Å². The molecule has 1 aromatic heterocycles. The Morgan fingerprint density at radius 3 is 2.61 bits per heavy atom. The number of hydrogen-bond acceptors (Lipinski definition) is 5. The number of nitriles is 1. The van der Waals surface area contributed by atoms with Crippen molar-refractivity contribution in [1.29, 1.82) is 5.26 Å². The Labute approximate surface area is 105 Å². The number of hydrogen-bond donors (Lipinski definition) is 1. The molecule has 0 aliphatic rings. The zero-order valence-corrected chi connectivity index (χ0v) is 10.1. The van der Waals surface area contributed by atoms with Crippen LogP contribution >= 0.6 is 0 Å². The molecule has 0 amide bonds. The van der Waals surface area contributed by atoms with Crippen LogP contribution in [0.3, 0.4) is 0 Å². The van der Waals surface area contributed by atoms with E-state index in [0.29, 0.717) is 5.82 Å². The number of ether oxygens (including phenoxy) is 1. The fourth-order valence-corrected chi connectivity index (χ4v) is 1.65. The average molecular weight is 240 g/mol. The van der Waals surface area contributed by atoms with Crippen LogP contribution in [-0.4, -0.2) is 17.3 Å². The van der Waals surface area contributed by atoms with Crippen molar-refractivity contribution in [3.05, 3.63) is 35.9 Å². The van der Waals surface area contributed by atoms with Crippen LogP contribution in [0.5, 0.6) is 5.75 Å². The van der Waals surface area contributed by atoms with Gasteiger partial charge in [-0.3, -0.25) is 5.32 Å². The summed E-state index contributed by atoms with van der Waals surface area (Å²) in [6, 6.07) is 9.33. The molecule has 0 unspecified atom stereocenters. The topological polar surface area (TPSA) is 70.8 Å². The molecular weight excluding hydrogens is 228 g/mol. The fraction of sp³-hybridized carbons (Fsp3) is 0.154. The lowest BCUT2D eigenvalue weighted by Crippen LogP contribution is -1.95. The smallest absolute Gasteiger partial charge is 0.182 e. The van der Waals surface area contributed by atoms with Crippen LogP contribution in [0.15, 0.2) is 30.3 Å². The van der Waals surface area contributed by atoms with Crippen molar-refractivity contribution in [3.8, 4) is 23.2 Å². The molecule has 0 radical (unpaired) electrons. The molecule has 0 fully saturated rings. The second-order valence-electron chi connectivity index (χ2n) is 3.73. The number of aryl methyl sites for hydroxylation is 1. The maximum absolute atomic E-state index is 8.46. The highest BCUT2D eigenvalue weighted by Crippen LogP contribution is 2.24. The zero-order chi connectivity index (χ0) is 13.0. The number of nitrogens with one attached hydrogen (secondary N) is 1. The van der Waals surface area contributed by atoms with Gasteiger partial charge in [-0.15, -0.1) is 10.2 Å². The van der Waals surface area contributed by atoms with Crippen LogP contribution in [-0.2, 0) is 0 Å². The van der Waals surface area contributed by atoms with Gasteiger partial charge in [0.2, 0.25) is 0 Å². The Morgan fingerprint density at radius 2 is 2.06 bits per heavy atom. The van der Waals surface area contributed by atoms with Crippen LogP contribution in [0.25, 0.3) is 11.3 Å². The van der Waals surface area contributed by atoms with Gasteiger partial charge in [0.25, 0.3) is 0 Å². The van der Waals surface area contributed by atoms with Gasteiger partial charge < -0.3 is 4.74 Å². The summed E-state index contributed by atoms with van der Waals surface area (Å²) < 4.78 is 5.20. The van der Waals surface area contributed by atoms with E-state index in [1.54, 1.807) is 19.4 Å². The van der Waals surface area contributed by atoms with Crippen LogP contribution in [0.4, 0.5) is 5.82 Å². The summed E-state index contributed by atoms with van der Waals surface area (Å²) in [5, 5.41) is 18.8. The molecule has 18 heavy (non-hydrogen) atoms. The van der Waals surface area contributed by atoms with Gasteiger partial charge in [-0.1, -0.05) is 0 Å². The van der Waals surface area contributed by atoms with E-state index in [2.05, 4.69) is 15.5 Å². The second-order valence-corrected chi connectivity index (χ2v) is 3.73. The Kier molecular flexibility index (Phi) is 3.39. The largest absolute Gasteiger partial charge is 0.496 e. The number of rotatable bonds is 3. The second kappa shape index (κ2) is 5.15. The highest BCUT2D eigenvalue weighted by molar-refractivity contribution is 5.62.